The average molecular weight is 339 g/mol. The van der Waals surface area contributed by atoms with Crippen LogP contribution in [0.2, 0.25) is 0 Å². The molecule has 23 heavy (non-hydrogen) atoms. The summed E-state index contributed by atoms with van der Waals surface area (Å²) in [6.45, 7) is 4.09. The second-order valence-corrected chi connectivity index (χ2v) is 6.55. The Hall–Kier alpha value is -1.67. The summed E-state index contributed by atoms with van der Waals surface area (Å²) < 4.78 is 41.2. The Balaban J connectivity index is 2.09. The fraction of sp³-hybridized carbons (Fsp3) is 0.375. The van der Waals surface area contributed by atoms with Gasteiger partial charge in [0, 0.05) is 18.0 Å². The van der Waals surface area contributed by atoms with Crippen LogP contribution < -0.4 is 10.1 Å². The molecule has 0 saturated heterocycles. The van der Waals surface area contributed by atoms with Gasteiger partial charge in [0.15, 0.2) is 0 Å². The number of ether oxygens (including phenoxy) is 1. The van der Waals surface area contributed by atoms with Gasteiger partial charge in [-0.15, -0.1) is 0 Å². The zero-order chi connectivity index (χ0) is 16.9. The van der Waals surface area contributed by atoms with Crippen LogP contribution in [-0.4, -0.2) is 38.3 Å². The smallest absolute Gasteiger partial charge is 0.397 e. The zero-order valence-corrected chi connectivity index (χ0v) is 13.9. The van der Waals surface area contributed by atoms with Gasteiger partial charge in [-0.1, -0.05) is 50.2 Å². The Kier molecular flexibility index (Phi) is 5.95. The van der Waals surface area contributed by atoms with Gasteiger partial charge in [0.25, 0.3) is 0 Å². The number of benzene rings is 2. The molecule has 1 atom stereocenters. The van der Waals surface area contributed by atoms with Gasteiger partial charge in [-0.3, -0.25) is 4.55 Å². The molecule has 2 aromatic rings. The van der Waals surface area contributed by atoms with E-state index in [1.54, 1.807) is 0 Å². The Morgan fingerprint density at radius 3 is 2.52 bits per heavy atom. The van der Waals surface area contributed by atoms with E-state index in [4.69, 9.17) is 9.29 Å². The number of rotatable bonds is 8. The molecular weight excluding hydrogens is 318 g/mol. The minimum absolute atomic E-state index is 0.00643. The first-order valence-electron chi connectivity index (χ1n) is 7.35. The fourth-order valence-corrected chi connectivity index (χ4v) is 2.63. The van der Waals surface area contributed by atoms with Crippen LogP contribution in [0.5, 0.6) is 5.75 Å². The van der Waals surface area contributed by atoms with Crippen molar-refractivity contribution in [3.8, 4) is 5.75 Å². The van der Waals surface area contributed by atoms with Crippen LogP contribution in [-0.2, 0) is 14.6 Å². The zero-order valence-electron chi connectivity index (χ0n) is 13.1. The van der Waals surface area contributed by atoms with E-state index in [9.17, 15) is 8.42 Å². The van der Waals surface area contributed by atoms with Crippen LogP contribution in [0.25, 0.3) is 10.8 Å². The first-order chi connectivity index (χ1) is 10.8. The van der Waals surface area contributed by atoms with Crippen molar-refractivity contribution >= 4 is 21.2 Å². The minimum Gasteiger partial charge on any atom is -0.490 e. The highest BCUT2D eigenvalue weighted by molar-refractivity contribution is 7.80. The van der Waals surface area contributed by atoms with Crippen molar-refractivity contribution in [2.45, 2.75) is 26.0 Å². The van der Waals surface area contributed by atoms with Crippen LogP contribution in [0.15, 0.2) is 42.5 Å². The van der Waals surface area contributed by atoms with E-state index in [0.717, 1.165) is 10.8 Å². The third kappa shape index (κ3) is 5.80. The molecule has 0 fully saturated rings. The topological polar surface area (TPSA) is 84.9 Å². The highest BCUT2D eigenvalue weighted by Crippen LogP contribution is 2.25. The fourth-order valence-electron chi connectivity index (χ4n) is 2.16. The van der Waals surface area contributed by atoms with Crippen molar-refractivity contribution in [3.05, 3.63) is 42.5 Å². The highest BCUT2D eigenvalue weighted by atomic mass is 32.3. The molecule has 2 rings (SSSR count). The molecule has 2 aromatic carbocycles. The molecule has 0 spiro atoms. The van der Waals surface area contributed by atoms with Crippen LogP contribution in [0.4, 0.5) is 0 Å². The van der Waals surface area contributed by atoms with Gasteiger partial charge in [0.1, 0.15) is 18.5 Å². The summed E-state index contributed by atoms with van der Waals surface area (Å²) >= 11 is 0. The third-order valence-electron chi connectivity index (χ3n) is 3.19. The van der Waals surface area contributed by atoms with Gasteiger partial charge in [0.2, 0.25) is 0 Å². The molecule has 0 aliphatic carbocycles. The number of hydrogen-bond donors (Lipinski definition) is 2. The molecule has 1 unspecified atom stereocenters. The van der Waals surface area contributed by atoms with Gasteiger partial charge in [-0.25, -0.2) is 4.18 Å². The molecule has 6 nitrogen and oxygen atoms in total. The predicted octanol–water partition coefficient (Wildman–Crippen LogP) is 2.40. The van der Waals surface area contributed by atoms with Crippen molar-refractivity contribution in [2.24, 2.45) is 0 Å². The second kappa shape index (κ2) is 7.74. The summed E-state index contributed by atoms with van der Waals surface area (Å²) in [5.74, 6) is 0.636. The molecule has 0 saturated carbocycles. The SMILES string of the molecule is CC(C)NCC(COc1cccc2ccccc12)OS(=O)(=O)O. The first-order valence-corrected chi connectivity index (χ1v) is 8.71. The summed E-state index contributed by atoms with van der Waals surface area (Å²) in [5.41, 5.74) is 0. The largest absolute Gasteiger partial charge is 0.490 e. The van der Waals surface area contributed by atoms with Crippen LogP contribution in [0.3, 0.4) is 0 Å². The van der Waals surface area contributed by atoms with E-state index in [1.165, 1.54) is 0 Å². The minimum atomic E-state index is -4.54. The molecule has 126 valence electrons. The lowest BCUT2D eigenvalue weighted by atomic mass is 10.1. The van der Waals surface area contributed by atoms with E-state index in [2.05, 4.69) is 9.50 Å². The monoisotopic (exact) mass is 339 g/mol. The van der Waals surface area contributed by atoms with Crippen LogP contribution in [0.1, 0.15) is 13.8 Å². The molecular formula is C16H21NO5S. The summed E-state index contributed by atoms with van der Waals surface area (Å²) in [7, 11) is -4.54. The lowest BCUT2D eigenvalue weighted by molar-refractivity contribution is 0.117. The number of nitrogens with one attached hydrogen (secondary N) is 1. The maximum atomic E-state index is 11.0. The Bertz CT molecular complexity index is 740. The van der Waals surface area contributed by atoms with Crippen molar-refractivity contribution in [1.29, 1.82) is 0 Å². The van der Waals surface area contributed by atoms with Crippen LogP contribution >= 0.6 is 0 Å². The molecule has 0 radical (unpaired) electrons. The summed E-state index contributed by atoms with van der Waals surface area (Å²) in [6.07, 6.45) is -0.827. The first kappa shape index (κ1) is 17.7. The molecule has 0 aliphatic rings. The van der Waals surface area contributed by atoms with Gasteiger partial charge in [0.05, 0.1) is 0 Å². The van der Waals surface area contributed by atoms with E-state index < -0.39 is 16.5 Å². The second-order valence-electron chi connectivity index (χ2n) is 5.50. The Morgan fingerprint density at radius 2 is 1.83 bits per heavy atom. The standard InChI is InChI=1S/C16H21NO5S/c1-12(2)17-10-14(22-23(18,19)20)11-21-16-9-5-7-13-6-3-4-8-15(13)16/h3-9,12,14,17H,10-11H2,1-2H3,(H,18,19,20). The molecule has 0 aromatic heterocycles. The summed E-state index contributed by atoms with van der Waals surface area (Å²) in [4.78, 5) is 0. The third-order valence-corrected chi connectivity index (χ3v) is 3.70. The summed E-state index contributed by atoms with van der Waals surface area (Å²) in [5, 5.41) is 5.01. The van der Waals surface area contributed by atoms with E-state index in [0.29, 0.717) is 5.75 Å². The number of hydrogen-bond acceptors (Lipinski definition) is 5. The van der Waals surface area contributed by atoms with Gasteiger partial charge >= 0.3 is 10.4 Å². The summed E-state index contributed by atoms with van der Waals surface area (Å²) in [6, 6.07) is 13.5. The van der Waals surface area contributed by atoms with Crippen LogP contribution in [0, 0.1) is 0 Å². The maximum absolute atomic E-state index is 11.0. The molecule has 7 heteroatoms. The van der Waals surface area contributed by atoms with E-state index in [-0.39, 0.29) is 19.2 Å². The predicted molar refractivity (Wildman–Crippen MR) is 89.0 cm³/mol. The van der Waals surface area contributed by atoms with Crippen molar-refractivity contribution in [1.82, 2.24) is 5.32 Å². The molecule has 0 bridgehead atoms. The lowest BCUT2D eigenvalue weighted by Crippen LogP contribution is -2.38. The van der Waals surface area contributed by atoms with Crippen molar-refractivity contribution < 1.29 is 21.9 Å². The van der Waals surface area contributed by atoms with Gasteiger partial charge < -0.3 is 10.1 Å². The quantitative estimate of drug-likeness (QED) is 0.719. The average Bonchev–Trinajstić information content (AvgIpc) is 2.48. The number of fused-ring (bicyclic) bond motifs is 1. The maximum Gasteiger partial charge on any atom is 0.397 e. The van der Waals surface area contributed by atoms with Crippen molar-refractivity contribution in [3.63, 3.8) is 0 Å². The molecule has 0 heterocycles. The van der Waals surface area contributed by atoms with Gasteiger partial charge in [-0.05, 0) is 11.5 Å². The molecule has 0 aliphatic heterocycles. The van der Waals surface area contributed by atoms with E-state index in [1.807, 2.05) is 56.3 Å². The molecule has 0 amide bonds. The lowest BCUT2D eigenvalue weighted by Gasteiger charge is -2.19. The Labute approximate surface area is 136 Å². The van der Waals surface area contributed by atoms with Crippen molar-refractivity contribution in [2.75, 3.05) is 13.2 Å². The van der Waals surface area contributed by atoms with E-state index >= 15 is 0 Å². The molecule has 2 N–H and O–H groups in total. The Morgan fingerprint density at radius 1 is 1.13 bits per heavy atom. The highest BCUT2D eigenvalue weighted by Gasteiger charge is 2.18. The normalized spacial score (nSPS) is 13.4. The van der Waals surface area contributed by atoms with Gasteiger partial charge in [-0.2, -0.15) is 8.42 Å².